The van der Waals surface area contributed by atoms with Crippen LogP contribution in [-0.4, -0.2) is 33.2 Å². The first-order valence-electron chi connectivity index (χ1n) is 7.87. The van der Waals surface area contributed by atoms with Gasteiger partial charge in [0, 0.05) is 24.9 Å². The monoisotopic (exact) mass is 326 g/mol. The van der Waals surface area contributed by atoms with Gasteiger partial charge in [0.2, 0.25) is 5.89 Å². The third kappa shape index (κ3) is 3.33. The zero-order valence-corrected chi connectivity index (χ0v) is 13.6. The van der Waals surface area contributed by atoms with Crippen molar-refractivity contribution < 1.29 is 4.42 Å². The molecule has 0 atom stereocenters. The quantitative estimate of drug-likeness (QED) is 0.733. The molecule has 0 aromatic carbocycles. The maximum atomic E-state index is 5.88. The maximum absolute atomic E-state index is 5.88. The van der Waals surface area contributed by atoms with Gasteiger partial charge in [-0.2, -0.15) is 0 Å². The van der Waals surface area contributed by atoms with Crippen molar-refractivity contribution >= 4 is 11.3 Å². The summed E-state index contributed by atoms with van der Waals surface area (Å²) in [5.74, 6) is 1.82. The van der Waals surface area contributed by atoms with Gasteiger partial charge in [0.1, 0.15) is 0 Å². The lowest BCUT2D eigenvalue weighted by Crippen LogP contribution is -2.32. The van der Waals surface area contributed by atoms with Crippen molar-refractivity contribution in [1.82, 2.24) is 20.1 Å². The molecule has 3 aromatic heterocycles. The van der Waals surface area contributed by atoms with Crippen molar-refractivity contribution in [3.8, 4) is 10.8 Å². The second-order valence-corrected chi connectivity index (χ2v) is 6.78. The molecule has 0 radical (unpaired) electrons. The van der Waals surface area contributed by atoms with Gasteiger partial charge in [-0.25, -0.2) is 0 Å². The molecule has 0 bridgehead atoms. The molecule has 6 heteroatoms. The number of hydrogen-bond acceptors (Lipinski definition) is 6. The Labute approximate surface area is 139 Å². The summed E-state index contributed by atoms with van der Waals surface area (Å²) in [7, 11) is 0. The summed E-state index contributed by atoms with van der Waals surface area (Å²) in [6.45, 7) is 3.10. The number of nitrogens with zero attached hydrogens (tertiary/aromatic N) is 4. The standard InChI is InChI=1S/C17H18N4OS/c1-2-15(23-11-1)17-20-19-16(22-17)14-5-9-21(10-6-14)12-13-3-7-18-8-4-13/h1-4,7-8,11,14H,5-6,9-10,12H2. The minimum atomic E-state index is 0.380. The van der Waals surface area contributed by atoms with Gasteiger partial charge >= 0.3 is 0 Å². The van der Waals surface area contributed by atoms with Gasteiger partial charge < -0.3 is 4.42 Å². The Bertz CT molecular complexity index is 733. The van der Waals surface area contributed by atoms with E-state index in [4.69, 9.17) is 4.42 Å². The SMILES string of the molecule is c1csc(-c2nnc(C3CCN(Cc4ccncc4)CC3)o2)c1. The highest BCUT2D eigenvalue weighted by Crippen LogP contribution is 2.31. The fourth-order valence-electron chi connectivity index (χ4n) is 2.98. The van der Waals surface area contributed by atoms with E-state index in [-0.39, 0.29) is 0 Å². The highest BCUT2D eigenvalue weighted by molar-refractivity contribution is 7.13. The van der Waals surface area contributed by atoms with Crippen molar-refractivity contribution in [1.29, 1.82) is 0 Å². The number of pyridine rings is 1. The lowest BCUT2D eigenvalue weighted by atomic mass is 9.96. The van der Waals surface area contributed by atoms with Crippen molar-refractivity contribution in [3.63, 3.8) is 0 Å². The van der Waals surface area contributed by atoms with E-state index in [0.717, 1.165) is 43.2 Å². The van der Waals surface area contributed by atoms with Crippen molar-refractivity contribution in [2.45, 2.75) is 25.3 Å². The smallest absolute Gasteiger partial charge is 0.257 e. The number of aromatic nitrogens is 3. The van der Waals surface area contributed by atoms with Gasteiger partial charge in [0.25, 0.3) is 5.89 Å². The first-order valence-corrected chi connectivity index (χ1v) is 8.75. The summed E-state index contributed by atoms with van der Waals surface area (Å²) < 4.78 is 5.88. The van der Waals surface area contributed by atoms with E-state index < -0.39 is 0 Å². The van der Waals surface area contributed by atoms with Crippen LogP contribution in [0.1, 0.15) is 30.2 Å². The predicted molar refractivity (Wildman–Crippen MR) is 89.1 cm³/mol. The maximum Gasteiger partial charge on any atom is 0.257 e. The van der Waals surface area contributed by atoms with Gasteiger partial charge in [-0.05, 0) is 55.1 Å². The Morgan fingerprint density at radius 1 is 1.13 bits per heavy atom. The van der Waals surface area contributed by atoms with Gasteiger partial charge in [0.05, 0.1) is 4.88 Å². The molecule has 0 unspecified atom stereocenters. The normalized spacial score (nSPS) is 16.7. The van der Waals surface area contributed by atoms with Crippen molar-refractivity contribution in [2.24, 2.45) is 0 Å². The summed E-state index contributed by atoms with van der Waals surface area (Å²) in [5, 5.41) is 10.5. The van der Waals surface area contributed by atoms with Crippen LogP contribution < -0.4 is 0 Å². The Morgan fingerprint density at radius 2 is 1.96 bits per heavy atom. The van der Waals surface area contributed by atoms with Crippen LogP contribution in [0, 0.1) is 0 Å². The van der Waals surface area contributed by atoms with Crippen LogP contribution in [0.15, 0.2) is 46.5 Å². The topological polar surface area (TPSA) is 55.1 Å². The third-order valence-corrected chi connectivity index (χ3v) is 5.12. The van der Waals surface area contributed by atoms with Crippen LogP contribution in [0.5, 0.6) is 0 Å². The highest BCUT2D eigenvalue weighted by Gasteiger charge is 2.25. The van der Waals surface area contributed by atoms with Crippen molar-refractivity contribution in [3.05, 3.63) is 53.5 Å². The molecular formula is C17H18N4OS. The number of piperidine rings is 1. The van der Waals surface area contributed by atoms with E-state index in [1.807, 2.05) is 29.9 Å². The summed E-state index contributed by atoms with van der Waals surface area (Å²) in [5.41, 5.74) is 1.32. The van der Waals surface area contributed by atoms with Crippen LogP contribution in [0.4, 0.5) is 0 Å². The van der Waals surface area contributed by atoms with E-state index >= 15 is 0 Å². The van der Waals surface area contributed by atoms with Crippen LogP contribution in [-0.2, 0) is 6.54 Å². The Kier molecular flexibility index (Phi) is 4.17. The molecule has 0 spiro atoms. The Hall–Kier alpha value is -2.05. The molecule has 1 aliphatic rings. The predicted octanol–water partition coefficient (Wildman–Crippen LogP) is 3.57. The third-order valence-electron chi connectivity index (χ3n) is 4.26. The minimum Gasteiger partial charge on any atom is -0.420 e. The summed E-state index contributed by atoms with van der Waals surface area (Å²) >= 11 is 1.63. The lowest BCUT2D eigenvalue weighted by Gasteiger charge is -2.30. The fraction of sp³-hybridized carbons (Fsp3) is 0.353. The first kappa shape index (κ1) is 14.5. The molecule has 23 heavy (non-hydrogen) atoms. The van der Waals surface area contributed by atoms with Gasteiger partial charge in [-0.3, -0.25) is 9.88 Å². The molecule has 1 fully saturated rings. The molecule has 3 aromatic rings. The molecule has 0 aliphatic carbocycles. The highest BCUT2D eigenvalue weighted by atomic mass is 32.1. The molecule has 0 amide bonds. The molecule has 0 N–H and O–H groups in total. The van der Waals surface area contributed by atoms with E-state index in [1.165, 1.54) is 5.56 Å². The van der Waals surface area contributed by atoms with E-state index in [0.29, 0.717) is 11.8 Å². The summed E-state index contributed by atoms with van der Waals surface area (Å²) in [4.78, 5) is 7.58. The van der Waals surface area contributed by atoms with Crippen molar-refractivity contribution in [2.75, 3.05) is 13.1 Å². The largest absolute Gasteiger partial charge is 0.420 e. The average Bonchev–Trinajstić information content (AvgIpc) is 3.28. The molecule has 1 saturated heterocycles. The van der Waals surface area contributed by atoms with Crippen LogP contribution in [0.2, 0.25) is 0 Å². The molecular weight excluding hydrogens is 308 g/mol. The average molecular weight is 326 g/mol. The summed E-state index contributed by atoms with van der Waals surface area (Å²) in [6.07, 6.45) is 5.84. The fourth-order valence-corrected chi connectivity index (χ4v) is 3.63. The van der Waals surface area contributed by atoms with E-state index in [9.17, 15) is 0 Å². The van der Waals surface area contributed by atoms with Crippen LogP contribution in [0.3, 0.4) is 0 Å². The zero-order chi connectivity index (χ0) is 15.5. The second-order valence-electron chi connectivity index (χ2n) is 5.83. The molecule has 4 heterocycles. The molecule has 0 saturated carbocycles. The van der Waals surface area contributed by atoms with Gasteiger partial charge in [-0.15, -0.1) is 21.5 Å². The second kappa shape index (κ2) is 6.60. The Morgan fingerprint density at radius 3 is 2.70 bits per heavy atom. The van der Waals surface area contributed by atoms with Gasteiger partial charge in [-0.1, -0.05) is 6.07 Å². The summed E-state index contributed by atoms with van der Waals surface area (Å²) in [6, 6.07) is 8.18. The molecule has 5 nitrogen and oxygen atoms in total. The van der Waals surface area contributed by atoms with E-state index in [1.54, 1.807) is 11.3 Å². The Balaban J connectivity index is 1.36. The van der Waals surface area contributed by atoms with Crippen LogP contribution in [0.25, 0.3) is 10.8 Å². The minimum absolute atomic E-state index is 0.380. The van der Waals surface area contributed by atoms with Crippen LogP contribution >= 0.6 is 11.3 Å². The van der Waals surface area contributed by atoms with E-state index in [2.05, 4.69) is 32.2 Å². The molecule has 118 valence electrons. The zero-order valence-electron chi connectivity index (χ0n) is 12.8. The number of rotatable bonds is 4. The number of hydrogen-bond donors (Lipinski definition) is 0. The molecule has 4 rings (SSSR count). The number of thiophene rings is 1. The lowest BCUT2D eigenvalue weighted by molar-refractivity contribution is 0.193. The van der Waals surface area contributed by atoms with Gasteiger partial charge in [0.15, 0.2) is 0 Å². The number of likely N-dealkylation sites (tertiary alicyclic amines) is 1. The molecule has 1 aliphatic heterocycles. The first-order chi connectivity index (χ1) is 11.4.